The average molecular weight is 197 g/mol. The summed E-state index contributed by atoms with van der Waals surface area (Å²) in [6, 6.07) is 0. The predicted octanol–water partition coefficient (Wildman–Crippen LogP) is 0.793. The topological polar surface area (TPSA) is 30.5 Å². The molecule has 80 valence electrons. The van der Waals surface area contributed by atoms with Crippen molar-refractivity contribution in [3.63, 3.8) is 0 Å². The summed E-state index contributed by atoms with van der Waals surface area (Å²) in [4.78, 5) is 0. The second-order valence-electron chi connectivity index (χ2n) is 4.07. The molecule has 1 saturated heterocycles. The van der Waals surface area contributed by atoms with Gasteiger partial charge in [0.2, 0.25) is 0 Å². The van der Waals surface area contributed by atoms with Crippen molar-refractivity contribution < 1.29 is 9.47 Å². The Balaban J connectivity index is 2.20. The number of nitrogens with one attached hydrogen (secondary N) is 1. The first-order chi connectivity index (χ1) is 6.64. The van der Waals surface area contributed by atoms with Gasteiger partial charge in [0.15, 0.2) is 0 Å². The van der Waals surface area contributed by atoms with E-state index in [2.05, 4.69) is 31.0 Å². The van der Waals surface area contributed by atoms with Gasteiger partial charge < -0.3 is 14.8 Å². The number of hydrogen-bond acceptors (Lipinski definition) is 3. The molecule has 1 aliphatic rings. The first kappa shape index (κ1) is 11.5. The standard InChI is InChI=1S/C11H19NO2/c1-4-5-6-13-8-10-7-12-9-11(2,3)14-10/h10,12H,6-9H2,1-3H3. The van der Waals surface area contributed by atoms with Crippen molar-refractivity contribution in [2.75, 3.05) is 26.3 Å². The maximum absolute atomic E-state index is 5.82. The van der Waals surface area contributed by atoms with E-state index in [0.717, 1.165) is 13.1 Å². The first-order valence-corrected chi connectivity index (χ1v) is 5.00. The van der Waals surface area contributed by atoms with E-state index >= 15 is 0 Å². The molecule has 3 nitrogen and oxygen atoms in total. The van der Waals surface area contributed by atoms with Gasteiger partial charge in [-0.2, -0.15) is 0 Å². The van der Waals surface area contributed by atoms with E-state index in [9.17, 15) is 0 Å². The van der Waals surface area contributed by atoms with E-state index in [4.69, 9.17) is 9.47 Å². The molecule has 0 saturated carbocycles. The van der Waals surface area contributed by atoms with Gasteiger partial charge in [-0.1, -0.05) is 5.92 Å². The van der Waals surface area contributed by atoms with E-state index < -0.39 is 0 Å². The van der Waals surface area contributed by atoms with Gasteiger partial charge in [0.25, 0.3) is 0 Å². The molecule has 1 fully saturated rings. The lowest BCUT2D eigenvalue weighted by atomic mass is 10.1. The van der Waals surface area contributed by atoms with Gasteiger partial charge in [-0.15, -0.1) is 5.92 Å². The van der Waals surface area contributed by atoms with Crippen LogP contribution in [-0.4, -0.2) is 38.0 Å². The molecule has 3 heteroatoms. The van der Waals surface area contributed by atoms with Crippen molar-refractivity contribution in [2.24, 2.45) is 0 Å². The quantitative estimate of drug-likeness (QED) is 0.536. The molecular weight excluding hydrogens is 178 g/mol. The second-order valence-corrected chi connectivity index (χ2v) is 4.07. The number of morpholine rings is 1. The zero-order valence-corrected chi connectivity index (χ0v) is 9.22. The van der Waals surface area contributed by atoms with Crippen molar-refractivity contribution in [1.82, 2.24) is 5.32 Å². The summed E-state index contributed by atoms with van der Waals surface area (Å²) in [6.45, 7) is 8.85. The van der Waals surface area contributed by atoms with Gasteiger partial charge in [-0.3, -0.25) is 0 Å². The normalized spacial score (nSPS) is 25.2. The Morgan fingerprint density at radius 1 is 1.57 bits per heavy atom. The molecule has 1 rings (SSSR count). The summed E-state index contributed by atoms with van der Waals surface area (Å²) in [5.41, 5.74) is -0.0806. The Morgan fingerprint density at radius 2 is 2.36 bits per heavy atom. The highest BCUT2D eigenvalue weighted by molar-refractivity contribution is 4.94. The van der Waals surface area contributed by atoms with E-state index in [-0.39, 0.29) is 11.7 Å². The number of hydrogen-bond donors (Lipinski definition) is 1. The van der Waals surface area contributed by atoms with Gasteiger partial charge in [-0.25, -0.2) is 0 Å². The van der Waals surface area contributed by atoms with Crippen LogP contribution in [0, 0.1) is 11.8 Å². The summed E-state index contributed by atoms with van der Waals surface area (Å²) in [5, 5.41) is 3.32. The summed E-state index contributed by atoms with van der Waals surface area (Å²) in [6.07, 6.45) is 0.150. The van der Waals surface area contributed by atoms with Crippen LogP contribution in [0.1, 0.15) is 20.8 Å². The van der Waals surface area contributed by atoms with Gasteiger partial charge in [0, 0.05) is 13.1 Å². The molecule has 0 bridgehead atoms. The van der Waals surface area contributed by atoms with E-state index in [1.54, 1.807) is 0 Å². The van der Waals surface area contributed by atoms with Crippen LogP contribution in [0.2, 0.25) is 0 Å². The van der Waals surface area contributed by atoms with Crippen molar-refractivity contribution >= 4 is 0 Å². The van der Waals surface area contributed by atoms with Crippen LogP contribution in [0.4, 0.5) is 0 Å². The molecule has 0 amide bonds. The fraction of sp³-hybridized carbons (Fsp3) is 0.818. The van der Waals surface area contributed by atoms with Crippen LogP contribution in [0.3, 0.4) is 0 Å². The van der Waals surface area contributed by atoms with Crippen LogP contribution in [0.5, 0.6) is 0 Å². The molecule has 0 spiro atoms. The summed E-state index contributed by atoms with van der Waals surface area (Å²) in [7, 11) is 0. The van der Waals surface area contributed by atoms with Crippen LogP contribution in [-0.2, 0) is 9.47 Å². The summed E-state index contributed by atoms with van der Waals surface area (Å²) in [5.74, 6) is 5.65. The van der Waals surface area contributed by atoms with Crippen molar-refractivity contribution in [3.8, 4) is 11.8 Å². The van der Waals surface area contributed by atoms with Crippen LogP contribution >= 0.6 is 0 Å². The van der Waals surface area contributed by atoms with Gasteiger partial charge in [-0.05, 0) is 20.8 Å². The highest BCUT2D eigenvalue weighted by Gasteiger charge is 2.27. The van der Waals surface area contributed by atoms with E-state index in [0.29, 0.717) is 13.2 Å². The molecular formula is C11H19NO2. The molecule has 0 aromatic rings. The van der Waals surface area contributed by atoms with Crippen molar-refractivity contribution in [1.29, 1.82) is 0 Å². The maximum Gasteiger partial charge on any atom is 0.107 e. The lowest BCUT2D eigenvalue weighted by Crippen LogP contribution is -2.51. The Kier molecular flexibility index (Phi) is 4.40. The average Bonchev–Trinajstić information content (AvgIpc) is 2.11. The molecule has 0 radical (unpaired) electrons. The minimum atomic E-state index is -0.0806. The predicted molar refractivity (Wildman–Crippen MR) is 56.1 cm³/mol. The van der Waals surface area contributed by atoms with Crippen LogP contribution < -0.4 is 5.32 Å². The highest BCUT2D eigenvalue weighted by Crippen LogP contribution is 2.15. The molecule has 14 heavy (non-hydrogen) atoms. The fourth-order valence-corrected chi connectivity index (χ4v) is 1.48. The Bertz CT molecular complexity index is 227. The molecule has 0 aromatic carbocycles. The van der Waals surface area contributed by atoms with Gasteiger partial charge >= 0.3 is 0 Å². The molecule has 0 aromatic heterocycles. The Hall–Kier alpha value is -0.560. The first-order valence-electron chi connectivity index (χ1n) is 5.00. The molecule has 1 unspecified atom stereocenters. The molecule has 1 heterocycles. The Labute approximate surface area is 86.2 Å². The molecule has 0 aliphatic carbocycles. The summed E-state index contributed by atoms with van der Waals surface area (Å²) < 4.78 is 11.2. The summed E-state index contributed by atoms with van der Waals surface area (Å²) >= 11 is 0. The van der Waals surface area contributed by atoms with Gasteiger partial charge in [0.1, 0.15) is 6.61 Å². The monoisotopic (exact) mass is 197 g/mol. The van der Waals surface area contributed by atoms with E-state index in [1.165, 1.54) is 0 Å². The van der Waals surface area contributed by atoms with Crippen LogP contribution in [0.25, 0.3) is 0 Å². The third-order valence-corrected chi connectivity index (χ3v) is 2.06. The SMILES string of the molecule is CC#CCOCC1CNCC(C)(C)O1. The zero-order valence-electron chi connectivity index (χ0n) is 9.22. The largest absolute Gasteiger partial charge is 0.367 e. The highest BCUT2D eigenvalue weighted by atomic mass is 16.5. The third-order valence-electron chi connectivity index (χ3n) is 2.06. The lowest BCUT2D eigenvalue weighted by molar-refractivity contribution is -0.117. The van der Waals surface area contributed by atoms with Crippen molar-refractivity contribution in [3.05, 3.63) is 0 Å². The van der Waals surface area contributed by atoms with Crippen molar-refractivity contribution in [2.45, 2.75) is 32.5 Å². The lowest BCUT2D eigenvalue weighted by Gasteiger charge is -2.36. The molecule has 1 atom stereocenters. The molecule has 1 aliphatic heterocycles. The third kappa shape index (κ3) is 4.10. The maximum atomic E-state index is 5.82. The second kappa shape index (κ2) is 5.35. The van der Waals surface area contributed by atoms with Crippen LogP contribution in [0.15, 0.2) is 0 Å². The minimum absolute atomic E-state index is 0.0806. The fourth-order valence-electron chi connectivity index (χ4n) is 1.48. The number of ether oxygens (including phenoxy) is 2. The smallest absolute Gasteiger partial charge is 0.107 e. The molecule has 1 N–H and O–H groups in total. The van der Waals surface area contributed by atoms with Gasteiger partial charge in [0.05, 0.1) is 18.3 Å². The Morgan fingerprint density at radius 3 is 3.00 bits per heavy atom. The number of rotatable bonds is 3. The zero-order chi connectivity index (χ0) is 10.4. The minimum Gasteiger partial charge on any atom is -0.367 e. The van der Waals surface area contributed by atoms with E-state index in [1.807, 2.05) is 6.92 Å².